The number of hydrogen-bond acceptors (Lipinski definition) is 2. The highest BCUT2D eigenvalue weighted by molar-refractivity contribution is 6.31. The molecule has 2 aromatic rings. The Morgan fingerprint density at radius 1 is 1.15 bits per heavy atom. The summed E-state index contributed by atoms with van der Waals surface area (Å²) in [6, 6.07) is 13.6. The summed E-state index contributed by atoms with van der Waals surface area (Å²) in [6.45, 7) is 0.0785. The third-order valence-electron chi connectivity index (χ3n) is 2.81. The van der Waals surface area contributed by atoms with Gasteiger partial charge in [-0.05, 0) is 24.3 Å². The smallest absolute Gasteiger partial charge is 0.251 e. The fourth-order valence-corrected chi connectivity index (χ4v) is 2.23. The molecule has 1 unspecified atom stereocenters. The van der Waals surface area contributed by atoms with Crippen molar-refractivity contribution < 1.29 is 9.90 Å². The van der Waals surface area contributed by atoms with Crippen LogP contribution in [0, 0.1) is 0 Å². The normalized spacial score (nSPS) is 11.9. The summed E-state index contributed by atoms with van der Waals surface area (Å²) in [6.07, 6.45) is -0.855. The Hall–Kier alpha value is -1.55. The molecule has 0 saturated heterocycles. The van der Waals surface area contributed by atoms with Crippen LogP contribution in [0.2, 0.25) is 10.0 Å². The van der Waals surface area contributed by atoms with E-state index in [2.05, 4.69) is 5.32 Å². The molecule has 0 aliphatic carbocycles. The molecule has 2 aromatic carbocycles. The number of nitrogens with one attached hydrogen (secondary N) is 1. The van der Waals surface area contributed by atoms with Crippen LogP contribution in [0.1, 0.15) is 22.0 Å². The van der Waals surface area contributed by atoms with Crippen molar-refractivity contribution >= 4 is 29.1 Å². The summed E-state index contributed by atoms with van der Waals surface area (Å²) in [5.74, 6) is -0.293. The van der Waals surface area contributed by atoms with Gasteiger partial charge >= 0.3 is 0 Å². The Morgan fingerprint density at radius 3 is 2.60 bits per heavy atom. The molecular formula is C15H13Cl2NO2. The number of rotatable bonds is 4. The molecule has 0 radical (unpaired) electrons. The molecular weight excluding hydrogens is 297 g/mol. The summed E-state index contributed by atoms with van der Waals surface area (Å²) in [7, 11) is 0. The molecule has 0 aromatic heterocycles. The summed E-state index contributed by atoms with van der Waals surface area (Å²) in [5, 5.41) is 13.6. The minimum Gasteiger partial charge on any atom is -0.387 e. The number of aliphatic hydroxyl groups excluding tert-OH is 1. The van der Waals surface area contributed by atoms with Crippen LogP contribution >= 0.6 is 23.2 Å². The van der Waals surface area contributed by atoms with E-state index in [4.69, 9.17) is 23.2 Å². The molecule has 0 aliphatic heterocycles. The Labute approximate surface area is 127 Å². The van der Waals surface area contributed by atoms with E-state index in [1.54, 1.807) is 48.5 Å². The molecule has 104 valence electrons. The first-order chi connectivity index (χ1) is 9.58. The Kier molecular flexibility index (Phi) is 5.01. The van der Waals surface area contributed by atoms with Gasteiger partial charge in [0.05, 0.1) is 6.10 Å². The molecule has 20 heavy (non-hydrogen) atoms. The molecule has 0 fully saturated rings. The first kappa shape index (κ1) is 14.9. The van der Waals surface area contributed by atoms with Gasteiger partial charge in [-0.15, -0.1) is 0 Å². The summed E-state index contributed by atoms with van der Waals surface area (Å²) >= 11 is 11.8. The van der Waals surface area contributed by atoms with E-state index in [0.717, 1.165) is 0 Å². The van der Waals surface area contributed by atoms with E-state index in [9.17, 15) is 9.90 Å². The number of hydrogen-bond donors (Lipinski definition) is 2. The zero-order valence-corrected chi connectivity index (χ0v) is 12.0. The lowest BCUT2D eigenvalue weighted by Crippen LogP contribution is -2.28. The van der Waals surface area contributed by atoms with Gasteiger partial charge in [0.25, 0.3) is 5.91 Å². The van der Waals surface area contributed by atoms with E-state index in [1.165, 1.54) is 0 Å². The molecule has 1 amide bonds. The van der Waals surface area contributed by atoms with Crippen LogP contribution in [0.25, 0.3) is 0 Å². The highest BCUT2D eigenvalue weighted by atomic mass is 35.5. The van der Waals surface area contributed by atoms with Crippen LogP contribution in [0.4, 0.5) is 0 Å². The topological polar surface area (TPSA) is 49.3 Å². The molecule has 2 rings (SSSR count). The maximum absolute atomic E-state index is 11.9. The van der Waals surface area contributed by atoms with Gasteiger partial charge in [-0.1, -0.05) is 47.5 Å². The van der Waals surface area contributed by atoms with Gasteiger partial charge in [0.15, 0.2) is 0 Å². The van der Waals surface area contributed by atoms with Crippen molar-refractivity contribution in [2.75, 3.05) is 6.54 Å². The van der Waals surface area contributed by atoms with Crippen molar-refractivity contribution in [3.8, 4) is 0 Å². The molecule has 0 heterocycles. The Balaban J connectivity index is 1.99. The van der Waals surface area contributed by atoms with Gasteiger partial charge < -0.3 is 10.4 Å². The standard InChI is InChI=1S/C15H13Cl2NO2/c16-11-5-3-4-10(8-11)15(20)18-9-14(19)12-6-1-2-7-13(12)17/h1-8,14,19H,9H2,(H,18,20). The van der Waals surface area contributed by atoms with Crippen molar-refractivity contribution in [2.24, 2.45) is 0 Å². The fraction of sp³-hybridized carbons (Fsp3) is 0.133. The van der Waals surface area contributed by atoms with E-state index in [1.807, 2.05) is 0 Å². The van der Waals surface area contributed by atoms with Crippen molar-refractivity contribution in [1.29, 1.82) is 0 Å². The van der Waals surface area contributed by atoms with Gasteiger partial charge in [-0.2, -0.15) is 0 Å². The van der Waals surface area contributed by atoms with Crippen molar-refractivity contribution in [3.05, 3.63) is 69.7 Å². The largest absolute Gasteiger partial charge is 0.387 e. The van der Waals surface area contributed by atoms with Gasteiger partial charge in [0.2, 0.25) is 0 Å². The van der Waals surface area contributed by atoms with E-state index >= 15 is 0 Å². The third kappa shape index (κ3) is 3.73. The van der Waals surface area contributed by atoms with Gasteiger partial charge in [-0.3, -0.25) is 4.79 Å². The zero-order chi connectivity index (χ0) is 14.5. The van der Waals surface area contributed by atoms with E-state index in [0.29, 0.717) is 21.2 Å². The van der Waals surface area contributed by atoms with Crippen molar-refractivity contribution in [2.45, 2.75) is 6.10 Å². The molecule has 0 saturated carbocycles. The molecule has 1 atom stereocenters. The van der Waals surface area contributed by atoms with Crippen molar-refractivity contribution in [3.63, 3.8) is 0 Å². The van der Waals surface area contributed by atoms with Gasteiger partial charge in [0.1, 0.15) is 0 Å². The lowest BCUT2D eigenvalue weighted by atomic mass is 10.1. The Morgan fingerprint density at radius 2 is 1.90 bits per heavy atom. The molecule has 0 spiro atoms. The average Bonchev–Trinajstić information content (AvgIpc) is 2.45. The number of halogens is 2. The maximum atomic E-state index is 11.9. The first-order valence-electron chi connectivity index (χ1n) is 6.04. The maximum Gasteiger partial charge on any atom is 0.251 e. The van der Waals surface area contributed by atoms with E-state index < -0.39 is 6.10 Å². The number of carbonyl (C=O) groups excluding carboxylic acids is 1. The molecule has 0 aliphatic rings. The fourth-order valence-electron chi connectivity index (χ4n) is 1.78. The Bertz CT molecular complexity index is 616. The van der Waals surface area contributed by atoms with Crippen LogP contribution in [0.3, 0.4) is 0 Å². The summed E-state index contributed by atoms with van der Waals surface area (Å²) in [5.41, 5.74) is 1.03. The van der Waals surface area contributed by atoms with Crippen molar-refractivity contribution in [1.82, 2.24) is 5.32 Å². The van der Waals surface area contributed by atoms with Crippen LogP contribution in [0.15, 0.2) is 48.5 Å². The quantitative estimate of drug-likeness (QED) is 0.908. The first-order valence-corrected chi connectivity index (χ1v) is 6.80. The summed E-state index contributed by atoms with van der Waals surface area (Å²) < 4.78 is 0. The lowest BCUT2D eigenvalue weighted by Gasteiger charge is -2.13. The van der Waals surface area contributed by atoms with Crippen LogP contribution in [-0.2, 0) is 0 Å². The second-order valence-electron chi connectivity index (χ2n) is 4.26. The van der Waals surface area contributed by atoms with Crippen LogP contribution < -0.4 is 5.32 Å². The molecule has 5 heteroatoms. The minimum absolute atomic E-state index is 0.0785. The van der Waals surface area contributed by atoms with Crippen LogP contribution in [0.5, 0.6) is 0 Å². The molecule has 0 bridgehead atoms. The lowest BCUT2D eigenvalue weighted by molar-refractivity contribution is 0.0916. The van der Waals surface area contributed by atoms with Gasteiger partial charge in [0, 0.05) is 27.7 Å². The zero-order valence-electron chi connectivity index (χ0n) is 10.5. The molecule has 3 nitrogen and oxygen atoms in total. The number of benzene rings is 2. The van der Waals surface area contributed by atoms with E-state index in [-0.39, 0.29) is 12.5 Å². The number of aliphatic hydroxyl groups is 1. The number of carbonyl (C=O) groups is 1. The second-order valence-corrected chi connectivity index (χ2v) is 5.10. The van der Waals surface area contributed by atoms with Crippen LogP contribution in [-0.4, -0.2) is 17.6 Å². The minimum atomic E-state index is -0.855. The second kappa shape index (κ2) is 6.75. The SMILES string of the molecule is O=C(NCC(O)c1ccccc1Cl)c1cccc(Cl)c1. The highest BCUT2D eigenvalue weighted by Gasteiger charge is 2.13. The van der Waals surface area contributed by atoms with Gasteiger partial charge in [-0.25, -0.2) is 0 Å². The molecule has 2 N–H and O–H groups in total. The monoisotopic (exact) mass is 309 g/mol. The average molecular weight is 310 g/mol. The predicted molar refractivity (Wildman–Crippen MR) is 80.2 cm³/mol. The highest BCUT2D eigenvalue weighted by Crippen LogP contribution is 2.22. The number of amides is 1. The summed E-state index contributed by atoms with van der Waals surface area (Å²) in [4.78, 5) is 11.9. The third-order valence-corrected chi connectivity index (χ3v) is 3.39. The predicted octanol–water partition coefficient (Wildman–Crippen LogP) is 3.46.